The maximum absolute atomic E-state index is 12.2. The van der Waals surface area contributed by atoms with Crippen LogP contribution in [0.5, 0.6) is 5.75 Å². The highest BCUT2D eigenvalue weighted by molar-refractivity contribution is 5.89. The van der Waals surface area contributed by atoms with Crippen LogP contribution in [0.25, 0.3) is 0 Å². The fourth-order valence-corrected chi connectivity index (χ4v) is 4.48. The number of fused-ring (bicyclic) bond motifs is 1. The minimum Gasteiger partial charge on any atom is -0.508 e. The third-order valence-electron chi connectivity index (χ3n) is 6.45. The minimum atomic E-state index is -1.73. The van der Waals surface area contributed by atoms with Crippen LogP contribution in [-0.4, -0.2) is 92.3 Å². The molecule has 2 aliphatic heterocycles. The summed E-state index contributed by atoms with van der Waals surface area (Å²) in [4.78, 5) is 23.8. The van der Waals surface area contributed by atoms with E-state index in [4.69, 9.17) is 18.9 Å². The van der Waals surface area contributed by atoms with Gasteiger partial charge in [-0.2, -0.15) is 0 Å². The van der Waals surface area contributed by atoms with Gasteiger partial charge < -0.3 is 49.6 Å². The Morgan fingerprint density at radius 1 is 1.03 bits per heavy atom. The number of carbonyl (C=O) groups is 2. The number of aliphatic hydroxyl groups excluding tert-OH is 4. The van der Waals surface area contributed by atoms with Crippen molar-refractivity contribution in [3.05, 3.63) is 53.8 Å². The van der Waals surface area contributed by atoms with Crippen LogP contribution in [0.3, 0.4) is 0 Å². The molecule has 190 valence electrons. The molecule has 35 heavy (non-hydrogen) atoms. The second-order valence-electron chi connectivity index (χ2n) is 8.64. The molecule has 0 radical (unpaired) electrons. The van der Waals surface area contributed by atoms with E-state index in [1.165, 1.54) is 24.3 Å². The van der Waals surface area contributed by atoms with Crippen molar-refractivity contribution in [2.24, 2.45) is 11.8 Å². The highest BCUT2D eigenvalue weighted by Gasteiger charge is 2.52. The molecule has 4 rings (SSSR count). The number of aliphatic carboxylic acids is 1. The lowest BCUT2D eigenvalue weighted by Crippen LogP contribution is -2.60. The van der Waals surface area contributed by atoms with Gasteiger partial charge in [0.25, 0.3) is 0 Å². The molecule has 0 unspecified atom stereocenters. The van der Waals surface area contributed by atoms with E-state index in [0.29, 0.717) is 0 Å². The van der Waals surface area contributed by atoms with E-state index in [1.807, 2.05) is 0 Å². The molecule has 0 aromatic heterocycles. The highest BCUT2D eigenvalue weighted by Crippen LogP contribution is 2.46. The zero-order valence-corrected chi connectivity index (χ0v) is 18.3. The summed E-state index contributed by atoms with van der Waals surface area (Å²) in [5.41, 5.74) is 0.353. The van der Waals surface area contributed by atoms with Crippen molar-refractivity contribution >= 4 is 11.9 Å². The average Bonchev–Trinajstić information content (AvgIpc) is 3.13. The summed E-state index contributed by atoms with van der Waals surface area (Å²) >= 11 is 0. The molecular weight excluding hydrogens is 468 g/mol. The Hall–Kier alpha value is -3.00. The molecule has 0 spiro atoms. The molecule has 0 bridgehead atoms. The summed E-state index contributed by atoms with van der Waals surface area (Å²) in [6.07, 6.45) is -9.03. The van der Waals surface area contributed by atoms with E-state index in [9.17, 15) is 40.2 Å². The minimum absolute atomic E-state index is 0.0420. The van der Waals surface area contributed by atoms with Crippen molar-refractivity contribution in [1.29, 1.82) is 0 Å². The summed E-state index contributed by atoms with van der Waals surface area (Å²) in [5.74, 6) is -3.47. The Bertz CT molecular complexity index is 1000. The van der Waals surface area contributed by atoms with Gasteiger partial charge in [0.2, 0.25) is 6.29 Å². The Balaban J connectivity index is 1.45. The maximum Gasteiger partial charge on any atom is 0.338 e. The summed E-state index contributed by atoms with van der Waals surface area (Å²) in [7, 11) is 0. The van der Waals surface area contributed by atoms with E-state index >= 15 is 0 Å². The van der Waals surface area contributed by atoms with Gasteiger partial charge in [0.05, 0.1) is 29.4 Å². The number of aliphatic hydroxyl groups is 4. The monoisotopic (exact) mass is 494 g/mol. The topological polar surface area (TPSA) is 192 Å². The molecular formula is C23H26O12. The van der Waals surface area contributed by atoms with Gasteiger partial charge in [0.15, 0.2) is 6.29 Å². The number of rotatable bonds is 6. The largest absolute Gasteiger partial charge is 0.508 e. The first-order chi connectivity index (χ1) is 16.6. The molecule has 1 saturated carbocycles. The summed E-state index contributed by atoms with van der Waals surface area (Å²) < 4.78 is 21.8. The van der Waals surface area contributed by atoms with Crippen molar-refractivity contribution in [3.8, 4) is 5.75 Å². The Labute approximate surface area is 199 Å². The zero-order valence-electron chi connectivity index (χ0n) is 18.3. The molecule has 9 atom stereocenters. The molecule has 12 nitrogen and oxygen atoms in total. The van der Waals surface area contributed by atoms with E-state index in [-0.39, 0.29) is 28.9 Å². The predicted octanol–water partition coefficient (Wildman–Crippen LogP) is -0.749. The van der Waals surface area contributed by atoms with Gasteiger partial charge in [-0.1, -0.05) is 6.58 Å². The van der Waals surface area contributed by atoms with Crippen LogP contribution in [0.15, 0.2) is 48.3 Å². The van der Waals surface area contributed by atoms with Crippen LogP contribution in [-0.2, 0) is 23.7 Å². The highest BCUT2D eigenvalue weighted by atomic mass is 16.8. The number of ether oxygens (including phenoxy) is 4. The van der Waals surface area contributed by atoms with Crippen LogP contribution in [0.2, 0.25) is 0 Å². The molecule has 1 aromatic carbocycles. The first-order valence-corrected chi connectivity index (χ1v) is 10.8. The zero-order chi connectivity index (χ0) is 25.4. The normalized spacial score (nSPS) is 36.6. The molecule has 0 amide bonds. The van der Waals surface area contributed by atoms with Crippen LogP contribution in [0.4, 0.5) is 0 Å². The maximum atomic E-state index is 12.2. The first-order valence-electron chi connectivity index (χ1n) is 10.8. The fourth-order valence-electron chi connectivity index (χ4n) is 4.48. The summed E-state index contributed by atoms with van der Waals surface area (Å²) in [5, 5.41) is 60.0. The standard InChI is InChI=1S/C23H26O12/c1-9-14(25)6-12-13(20(29)30)7-33-22(16(9)12)35-23-19(28)18(27)17(26)15(34-23)8-32-21(31)10-2-4-11(24)5-3-10/h2-5,7,12,14-19,22-28H,1,6,8H2,(H,29,30)/t12-,14-,15+,16+,17+,18-,19+,22-,23+/m0/s1. The molecule has 1 aromatic rings. The third kappa shape index (κ3) is 4.89. The van der Waals surface area contributed by atoms with Crippen LogP contribution in [0.1, 0.15) is 16.8 Å². The summed E-state index contributed by atoms with van der Waals surface area (Å²) in [6.45, 7) is 3.30. The van der Waals surface area contributed by atoms with Crippen LogP contribution in [0, 0.1) is 11.8 Å². The number of carboxylic acids is 1. The van der Waals surface area contributed by atoms with E-state index in [2.05, 4.69) is 6.58 Å². The number of hydrogen-bond acceptors (Lipinski definition) is 11. The molecule has 6 N–H and O–H groups in total. The van der Waals surface area contributed by atoms with Gasteiger partial charge in [0.1, 0.15) is 36.8 Å². The fraction of sp³-hybridized carbons (Fsp3) is 0.478. The molecule has 1 saturated heterocycles. The lowest BCUT2D eigenvalue weighted by atomic mass is 9.85. The van der Waals surface area contributed by atoms with E-state index in [0.717, 1.165) is 6.26 Å². The second kappa shape index (κ2) is 9.93. The smallest absolute Gasteiger partial charge is 0.338 e. The molecule has 1 aliphatic carbocycles. The Morgan fingerprint density at radius 2 is 1.71 bits per heavy atom. The SMILES string of the molecule is C=C1[C@H]2[C@H](O[C@H]3O[C@H](COC(=O)c4ccc(O)cc4)[C@@H](O)[C@H](O)[C@H]3O)OC=C(C(=O)O)[C@@H]2C[C@@H]1O. The van der Waals surface area contributed by atoms with Crippen molar-refractivity contribution in [1.82, 2.24) is 0 Å². The number of carboxylic acid groups (broad SMARTS) is 1. The molecule has 3 aliphatic rings. The number of aromatic hydroxyl groups is 1. The number of phenols is 1. The van der Waals surface area contributed by atoms with Gasteiger partial charge in [-0.05, 0) is 36.3 Å². The van der Waals surface area contributed by atoms with Crippen molar-refractivity contribution in [2.45, 2.75) is 49.5 Å². The number of benzene rings is 1. The number of carbonyl (C=O) groups excluding carboxylic acids is 1. The van der Waals surface area contributed by atoms with Gasteiger partial charge in [-0.15, -0.1) is 0 Å². The Morgan fingerprint density at radius 3 is 2.37 bits per heavy atom. The lowest BCUT2D eigenvalue weighted by Gasteiger charge is -2.42. The Kier molecular flexibility index (Phi) is 7.12. The van der Waals surface area contributed by atoms with Gasteiger partial charge in [0, 0.05) is 5.92 Å². The van der Waals surface area contributed by atoms with E-state index < -0.39 is 73.5 Å². The summed E-state index contributed by atoms with van der Waals surface area (Å²) in [6, 6.07) is 5.25. The molecule has 12 heteroatoms. The number of esters is 1. The van der Waals surface area contributed by atoms with Gasteiger partial charge >= 0.3 is 11.9 Å². The quantitative estimate of drug-likeness (QED) is 0.214. The number of hydrogen-bond donors (Lipinski definition) is 6. The van der Waals surface area contributed by atoms with Gasteiger partial charge in [-0.25, -0.2) is 9.59 Å². The van der Waals surface area contributed by atoms with Crippen LogP contribution >= 0.6 is 0 Å². The predicted molar refractivity (Wildman–Crippen MR) is 113 cm³/mol. The molecule has 2 fully saturated rings. The second-order valence-corrected chi connectivity index (χ2v) is 8.64. The number of phenolic OH excluding ortho intramolecular Hbond substituents is 1. The molecule has 2 heterocycles. The average molecular weight is 494 g/mol. The van der Waals surface area contributed by atoms with E-state index in [1.54, 1.807) is 0 Å². The lowest BCUT2D eigenvalue weighted by molar-refractivity contribution is -0.339. The third-order valence-corrected chi connectivity index (χ3v) is 6.45. The van der Waals surface area contributed by atoms with Crippen molar-refractivity contribution < 1.29 is 59.2 Å². The van der Waals surface area contributed by atoms with Crippen molar-refractivity contribution in [3.63, 3.8) is 0 Å². The first kappa shape index (κ1) is 25.1. The van der Waals surface area contributed by atoms with Crippen LogP contribution < -0.4 is 0 Å². The van der Waals surface area contributed by atoms with Crippen molar-refractivity contribution in [2.75, 3.05) is 6.61 Å². The van der Waals surface area contributed by atoms with Gasteiger partial charge in [-0.3, -0.25) is 0 Å².